The molecule has 1 atom stereocenters. The zero-order valence-electron chi connectivity index (χ0n) is 16.8. The normalized spacial score (nSPS) is 16.3. The molecule has 31 heavy (non-hydrogen) atoms. The Bertz CT molecular complexity index is 1250. The zero-order chi connectivity index (χ0) is 22.6. The fourth-order valence-corrected chi connectivity index (χ4v) is 5.03. The number of alkyl halides is 3. The van der Waals surface area contributed by atoms with Crippen LogP contribution in [0.2, 0.25) is 0 Å². The lowest BCUT2D eigenvalue weighted by Crippen LogP contribution is -2.37. The molecule has 0 N–H and O–H groups in total. The number of ether oxygens (including phenoxy) is 2. The monoisotopic (exact) mass is 473 g/mol. The molecule has 0 amide bonds. The number of halogens is 3. The Balaban J connectivity index is 1.95. The highest BCUT2D eigenvalue weighted by molar-refractivity contribution is 7.86. The topological polar surface area (TPSA) is 83.3 Å². The summed E-state index contributed by atoms with van der Waals surface area (Å²) in [6, 6.07) is 4.84. The van der Waals surface area contributed by atoms with Gasteiger partial charge in [0, 0.05) is 17.9 Å². The number of benzene rings is 1. The lowest BCUT2D eigenvalue weighted by molar-refractivity contribution is -0.163. The number of aromatic nitrogens is 3. The second kappa shape index (κ2) is 7.59. The quantitative estimate of drug-likeness (QED) is 0.547. The van der Waals surface area contributed by atoms with Crippen molar-refractivity contribution in [1.82, 2.24) is 14.5 Å². The van der Waals surface area contributed by atoms with E-state index in [-0.39, 0.29) is 39.9 Å². The summed E-state index contributed by atoms with van der Waals surface area (Å²) in [6.45, 7) is -0.190. The van der Waals surface area contributed by atoms with E-state index < -0.39 is 28.0 Å². The van der Waals surface area contributed by atoms with Crippen LogP contribution in [0.4, 0.5) is 13.2 Å². The van der Waals surface area contributed by atoms with Crippen molar-refractivity contribution in [2.75, 3.05) is 20.5 Å². The van der Waals surface area contributed by atoms with E-state index in [1.165, 1.54) is 20.5 Å². The highest BCUT2D eigenvalue weighted by Crippen LogP contribution is 2.58. The average Bonchev–Trinajstić information content (AvgIpc) is 3.43. The standard InChI is InChI=1S/C19H18F3N3O4S2/c1-28-11-5-4-10(12(8-11)29-2)9-25-15(26)13-14(30-17(23-13)31(3)27)24-16(25)18(6-7-18)19(20,21)22/h4-5,8H,6-7,9H2,1-3H3. The molecule has 2 aromatic heterocycles. The minimum absolute atomic E-state index is 0.0543. The number of fused-ring (bicyclic) bond motifs is 1. The van der Waals surface area contributed by atoms with Crippen molar-refractivity contribution < 1.29 is 26.9 Å². The molecule has 166 valence electrons. The summed E-state index contributed by atoms with van der Waals surface area (Å²) in [5.74, 6) is 0.514. The Morgan fingerprint density at radius 1 is 1.23 bits per heavy atom. The van der Waals surface area contributed by atoms with E-state index in [9.17, 15) is 22.2 Å². The first-order valence-electron chi connectivity index (χ1n) is 9.14. The molecule has 4 rings (SSSR count). The van der Waals surface area contributed by atoms with Crippen molar-refractivity contribution >= 4 is 32.5 Å². The number of hydrogen-bond acceptors (Lipinski definition) is 7. The second-order valence-electron chi connectivity index (χ2n) is 7.17. The molecule has 1 aromatic carbocycles. The molecule has 1 saturated carbocycles. The van der Waals surface area contributed by atoms with Gasteiger partial charge >= 0.3 is 6.18 Å². The largest absolute Gasteiger partial charge is 0.497 e. The second-order valence-corrected chi connectivity index (χ2v) is 9.70. The molecule has 1 fully saturated rings. The molecule has 2 heterocycles. The van der Waals surface area contributed by atoms with Gasteiger partial charge in [0.15, 0.2) is 14.7 Å². The van der Waals surface area contributed by atoms with Gasteiger partial charge in [-0.15, -0.1) is 0 Å². The van der Waals surface area contributed by atoms with Crippen molar-refractivity contribution in [2.45, 2.75) is 35.3 Å². The average molecular weight is 473 g/mol. The number of methoxy groups -OCH3 is 2. The fraction of sp³-hybridized carbons (Fsp3) is 0.421. The molecular weight excluding hydrogens is 455 g/mol. The highest BCUT2D eigenvalue weighted by Gasteiger charge is 2.67. The van der Waals surface area contributed by atoms with Crippen molar-refractivity contribution in [3.05, 3.63) is 39.9 Å². The molecule has 12 heteroatoms. The predicted octanol–water partition coefficient (Wildman–Crippen LogP) is 3.25. The Hall–Kier alpha value is -2.47. The summed E-state index contributed by atoms with van der Waals surface area (Å²) in [6.07, 6.45) is -3.48. The summed E-state index contributed by atoms with van der Waals surface area (Å²) in [4.78, 5) is 21.6. The van der Waals surface area contributed by atoms with Crippen molar-refractivity contribution in [3.8, 4) is 11.5 Å². The van der Waals surface area contributed by atoms with Crippen molar-refractivity contribution in [3.63, 3.8) is 0 Å². The summed E-state index contributed by atoms with van der Waals surface area (Å²) in [5, 5.41) is 0. The maximum absolute atomic E-state index is 14.0. The van der Waals surface area contributed by atoms with Gasteiger partial charge in [-0.1, -0.05) is 11.3 Å². The summed E-state index contributed by atoms with van der Waals surface area (Å²) < 4.78 is 65.3. The highest BCUT2D eigenvalue weighted by atomic mass is 32.2. The first kappa shape index (κ1) is 21.8. The fourth-order valence-electron chi connectivity index (χ4n) is 3.44. The maximum atomic E-state index is 14.0. The van der Waals surface area contributed by atoms with E-state index in [1.807, 2.05) is 0 Å². The molecule has 3 aromatic rings. The smallest absolute Gasteiger partial charge is 0.401 e. The number of nitrogens with zero attached hydrogens (tertiary/aromatic N) is 3. The van der Waals surface area contributed by atoms with Gasteiger partial charge in [0.25, 0.3) is 5.56 Å². The predicted molar refractivity (Wildman–Crippen MR) is 110 cm³/mol. The first-order valence-corrected chi connectivity index (χ1v) is 11.5. The van der Waals surface area contributed by atoms with Crippen molar-refractivity contribution in [2.24, 2.45) is 0 Å². The Labute approximate surface area is 181 Å². The summed E-state index contributed by atoms with van der Waals surface area (Å²) in [5.41, 5.74) is -2.50. The van der Waals surface area contributed by atoms with Crippen LogP contribution in [0, 0.1) is 0 Å². The van der Waals surface area contributed by atoms with Gasteiger partial charge in [-0.2, -0.15) is 13.2 Å². The minimum atomic E-state index is -4.56. The minimum Gasteiger partial charge on any atom is -0.497 e. The van der Waals surface area contributed by atoms with E-state index in [0.717, 1.165) is 15.9 Å². The number of thiazole rings is 1. The Morgan fingerprint density at radius 2 is 1.94 bits per heavy atom. The molecule has 7 nitrogen and oxygen atoms in total. The molecular formula is C19H18F3N3O4S2. The molecule has 0 bridgehead atoms. The van der Waals surface area contributed by atoms with Crippen molar-refractivity contribution in [1.29, 1.82) is 0 Å². The first-order chi connectivity index (χ1) is 14.6. The van der Waals surface area contributed by atoms with Crippen LogP contribution in [0.5, 0.6) is 11.5 Å². The Morgan fingerprint density at radius 3 is 2.48 bits per heavy atom. The third-order valence-corrected chi connectivity index (χ3v) is 7.57. The van der Waals surface area contributed by atoms with Crippen LogP contribution in [-0.4, -0.2) is 45.4 Å². The molecule has 0 saturated heterocycles. The zero-order valence-corrected chi connectivity index (χ0v) is 18.4. The molecule has 1 aliphatic rings. The van der Waals surface area contributed by atoms with E-state index in [1.54, 1.807) is 18.2 Å². The molecule has 0 spiro atoms. The van der Waals surface area contributed by atoms with Gasteiger partial charge in [-0.05, 0) is 25.0 Å². The van der Waals surface area contributed by atoms with E-state index >= 15 is 0 Å². The van der Waals surface area contributed by atoms with E-state index in [4.69, 9.17) is 9.47 Å². The number of rotatable bonds is 6. The van der Waals surface area contributed by atoms with Gasteiger partial charge in [-0.25, -0.2) is 9.97 Å². The van der Waals surface area contributed by atoms with Crippen LogP contribution in [-0.2, 0) is 22.8 Å². The van der Waals surface area contributed by atoms with Crippen LogP contribution in [0.25, 0.3) is 10.3 Å². The van der Waals surface area contributed by atoms with Gasteiger partial charge < -0.3 is 9.47 Å². The van der Waals surface area contributed by atoms with Gasteiger partial charge in [0.2, 0.25) is 0 Å². The van der Waals surface area contributed by atoms with Crippen LogP contribution < -0.4 is 15.0 Å². The van der Waals surface area contributed by atoms with Crippen LogP contribution in [0.1, 0.15) is 24.2 Å². The Kier molecular flexibility index (Phi) is 5.32. The van der Waals surface area contributed by atoms with Gasteiger partial charge in [0.1, 0.15) is 22.7 Å². The maximum Gasteiger partial charge on any atom is 0.401 e. The molecule has 1 aliphatic carbocycles. The molecule has 0 radical (unpaired) electrons. The lowest BCUT2D eigenvalue weighted by Gasteiger charge is -2.23. The SMILES string of the molecule is COc1ccc(Cn2c(C3(C(F)(F)F)CC3)nc3sc(S(C)=O)nc3c2=O)c(OC)c1. The third-order valence-electron chi connectivity index (χ3n) is 5.29. The van der Waals surface area contributed by atoms with Gasteiger partial charge in [-0.3, -0.25) is 13.6 Å². The third kappa shape index (κ3) is 3.61. The van der Waals surface area contributed by atoms with Crippen LogP contribution >= 0.6 is 11.3 Å². The van der Waals surface area contributed by atoms with Gasteiger partial charge in [0.05, 0.1) is 31.6 Å². The van der Waals surface area contributed by atoms with Crippen LogP contribution in [0.3, 0.4) is 0 Å². The van der Waals surface area contributed by atoms with E-state index in [2.05, 4.69) is 9.97 Å². The molecule has 1 unspecified atom stereocenters. The van der Waals surface area contributed by atoms with E-state index in [0.29, 0.717) is 17.1 Å². The van der Waals surface area contributed by atoms with Crippen LogP contribution in [0.15, 0.2) is 27.3 Å². The summed E-state index contributed by atoms with van der Waals surface area (Å²) in [7, 11) is 1.41. The lowest BCUT2D eigenvalue weighted by atomic mass is 10.0. The number of hydrogen-bond donors (Lipinski definition) is 0. The summed E-state index contributed by atoms with van der Waals surface area (Å²) >= 11 is 0.872. The molecule has 0 aliphatic heterocycles.